The van der Waals surface area contributed by atoms with Crippen molar-refractivity contribution >= 4 is 39.3 Å². The van der Waals surface area contributed by atoms with E-state index in [1.54, 1.807) is 67.7 Å². The minimum Gasteiger partial charge on any atom is -0.489 e. The van der Waals surface area contributed by atoms with Gasteiger partial charge in [0.15, 0.2) is 11.6 Å². The number of benzene rings is 1. The number of Topliss-reactive ketones (excluding diaryl/α,β-unsaturated/α-hetero) is 1. The van der Waals surface area contributed by atoms with Crippen LogP contribution >= 0.6 is 0 Å². The largest absolute Gasteiger partial charge is 0.489 e. The van der Waals surface area contributed by atoms with Crippen LogP contribution in [0.2, 0.25) is 0 Å². The van der Waals surface area contributed by atoms with Crippen LogP contribution in [-0.4, -0.2) is 72.2 Å². The SMILES string of the molecule is CN(C)C(=O)CC1CCC(Oc2ccc(C(=O)Cc3ccc(NC(=O)Nc4cc(C(C)(C)C)on4)cc3)nc2)C1.CS(=O)(=O)O. The maximum Gasteiger partial charge on any atom is 0.324 e. The van der Waals surface area contributed by atoms with Gasteiger partial charge in [-0.05, 0) is 55.0 Å². The summed E-state index contributed by atoms with van der Waals surface area (Å²) in [5.41, 5.74) is 1.52. The Morgan fingerprint density at radius 3 is 2.29 bits per heavy atom. The predicted octanol–water partition coefficient (Wildman–Crippen LogP) is 4.97. The standard InChI is InChI=1S/C30H37N5O5.CH4O3S/c1-30(2,3)26-17-27(34-40-26)33-29(38)32-21-9-6-19(7-10-21)15-25(36)24-13-12-23(18-31-24)39-22-11-8-20(14-22)16-28(37)35(4)5;1-5(2,3)4/h6-7,9-10,12-13,17-18,20,22H,8,11,14-16H2,1-5H3,(H2,32,33,34,38);1H3,(H,2,3,4). The number of amides is 3. The summed E-state index contributed by atoms with van der Waals surface area (Å²) in [5, 5.41) is 9.27. The van der Waals surface area contributed by atoms with Gasteiger partial charge in [0.2, 0.25) is 5.91 Å². The van der Waals surface area contributed by atoms with E-state index in [1.165, 1.54) is 0 Å². The maximum atomic E-state index is 12.8. The van der Waals surface area contributed by atoms with Crippen molar-refractivity contribution < 1.29 is 36.6 Å². The number of rotatable bonds is 9. The molecule has 1 saturated carbocycles. The van der Waals surface area contributed by atoms with Crippen LogP contribution in [-0.2, 0) is 26.7 Å². The Bertz CT molecular complexity index is 1550. The molecule has 2 unspecified atom stereocenters. The Balaban J connectivity index is 0.00000102. The molecule has 14 heteroatoms. The third-order valence-corrected chi connectivity index (χ3v) is 6.85. The van der Waals surface area contributed by atoms with E-state index in [0.717, 1.165) is 24.8 Å². The number of hydrogen-bond acceptors (Lipinski definition) is 9. The third kappa shape index (κ3) is 12.3. The molecular formula is C31H41N5O8S. The Morgan fingerprint density at radius 1 is 1.07 bits per heavy atom. The predicted molar refractivity (Wildman–Crippen MR) is 169 cm³/mol. The topological polar surface area (TPSA) is 181 Å². The van der Waals surface area contributed by atoms with Gasteiger partial charge < -0.3 is 19.5 Å². The summed E-state index contributed by atoms with van der Waals surface area (Å²) >= 11 is 0. The number of anilines is 2. The fourth-order valence-electron chi connectivity index (χ4n) is 4.51. The van der Waals surface area contributed by atoms with Gasteiger partial charge in [-0.1, -0.05) is 38.1 Å². The van der Waals surface area contributed by atoms with Gasteiger partial charge in [-0.15, -0.1) is 0 Å². The highest BCUT2D eigenvalue weighted by Gasteiger charge is 2.28. The van der Waals surface area contributed by atoms with Crippen molar-refractivity contribution in [1.29, 1.82) is 0 Å². The molecule has 4 rings (SSSR count). The van der Waals surface area contributed by atoms with Crippen molar-refractivity contribution in [3.8, 4) is 5.75 Å². The number of carbonyl (C=O) groups is 3. The summed E-state index contributed by atoms with van der Waals surface area (Å²) in [5.74, 6) is 1.98. The molecule has 2 atom stereocenters. The van der Waals surface area contributed by atoms with E-state index in [0.29, 0.717) is 47.3 Å². The van der Waals surface area contributed by atoms with Gasteiger partial charge in [-0.2, -0.15) is 8.42 Å². The Labute approximate surface area is 263 Å². The third-order valence-electron chi connectivity index (χ3n) is 6.85. The van der Waals surface area contributed by atoms with E-state index >= 15 is 0 Å². The summed E-state index contributed by atoms with van der Waals surface area (Å²) < 4.78 is 37.2. The van der Waals surface area contributed by atoms with Crippen molar-refractivity contribution in [2.45, 2.75) is 64.4 Å². The maximum absolute atomic E-state index is 12.8. The number of carbonyl (C=O) groups excluding carboxylic acids is 3. The summed E-state index contributed by atoms with van der Waals surface area (Å²) in [7, 11) is -0.116. The molecule has 1 aliphatic rings. The van der Waals surface area contributed by atoms with E-state index in [9.17, 15) is 22.8 Å². The minimum atomic E-state index is -3.67. The summed E-state index contributed by atoms with van der Waals surface area (Å²) in [4.78, 5) is 43.0. The van der Waals surface area contributed by atoms with Crippen LogP contribution in [0.1, 0.15) is 68.3 Å². The van der Waals surface area contributed by atoms with Gasteiger partial charge in [0.25, 0.3) is 10.1 Å². The highest BCUT2D eigenvalue weighted by molar-refractivity contribution is 7.85. The normalized spacial score (nSPS) is 16.2. The lowest BCUT2D eigenvalue weighted by Crippen LogP contribution is -2.24. The molecule has 0 aliphatic heterocycles. The van der Waals surface area contributed by atoms with Crippen molar-refractivity contribution in [3.05, 3.63) is 65.7 Å². The minimum absolute atomic E-state index is 0.0504. The first-order chi connectivity index (χ1) is 21.0. The quantitative estimate of drug-likeness (QED) is 0.213. The van der Waals surface area contributed by atoms with Gasteiger partial charge in [0, 0.05) is 44.1 Å². The summed E-state index contributed by atoms with van der Waals surface area (Å²) in [6.07, 6.45) is 5.77. The van der Waals surface area contributed by atoms with Crippen LogP contribution in [0.15, 0.2) is 53.2 Å². The second-order valence-electron chi connectivity index (χ2n) is 12.2. The molecule has 2 aromatic heterocycles. The van der Waals surface area contributed by atoms with E-state index in [2.05, 4.69) is 20.8 Å². The highest BCUT2D eigenvalue weighted by Crippen LogP contribution is 2.31. The van der Waals surface area contributed by atoms with Crippen LogP contribution in [0.25, 0.3) is 0 Å². The molecular weight excluding hydrogens is 602 g/mol. The zero-order valence-electron chi connectivity index (χ0n) is 26.4. The van der Waals surface area contributed by atoms with Crippen molar-refractivity contribution in [2.24, 2.45) is 5.92 Å². The highest BCUT2D eigenvalue weighted by atomic mass is 32.2. The van der Waals surface area contributed by atoms with E-state index in [1.807, 2.05) is 20.8 Å². The van der Waals surface area contributed by atoms with Crippen LogP contribution in [0, 0.1) is 5.92 Å². The Kier molecular flexibility index (Phi) is 11.8. The average Bonchev–Trinajstić information content (AvgIpc) is 3.58. The van der Waals surface area contributed by atoms with Crippen LogP contribution in [0.5, 0.6) is 5.75 Å². The molecule has 3 aromatic rings. The zero-order chi connectivity index (χ0) is 33.4. The lowest BCUT2D eigenvalue weighted by atomic mass is 9.93. The molecule has 0 saturated heterocycles. The number of aromatic nitrogens is 2. The molecule has 13 nitrogen and oxygen atoms in total. The number of nitrogens with one attached hydrogen (secondary N) is 2. The molecule has 0 spiro atoms. The van der Waals surface area contributed by atoms with Gasteiger partial charge in [0.1, 0.15) is 17.2 Å². The first-order valence-electron chi connectivity index (χ1n) is 14.4. The first kappa shape index (κ1) is 35.2. The van der Waals surface area contributed by atoms with Crippen LogP contribution < -0.4 is 15.4 Å². The molecule has 2 heterocycles. The number of hydrogen-bond donors (Lipinski definition) is 3. The van der Waals surface area contributed by atoms with Gasteiger partial charge in [0.05, 0.1) is 18.6 Å². The second-order valence-corrected chi connectivity index (χ2v) is 13.7. The Morgan fingerprint density at radius 2 is 1.73 bits per heavy atom. The van der Waals surface area contributed by atoms with Crippen molar-refractivity contribution in [2.75, 3.05) is 31.0 Å². The molecule has 3 amide bonds. The molecule has 3 N–H and O–H groups in total. The molecule has 1 fully saturated rings. The number of nitrogens with zero attached hydrogens (tertiary/aromatic N) is 3. The lowest BCUT2D eigenvalue weighted by molar-refractivity contribution is -0.129. The van der Waals surface area contributed by atoms with Crippen molar-refractivity contribution in [1.82, 2.24) is 15.0 Å². The first-order valence-corrected chi connectivity index (χ1v) is 16.2. The number of pyridine rings is 1. The smallest absolute Gasteiger partial charge is 0.324 e. The lowest BCUT2D eigenvalue weighted by Gasteiger charge is -2.16. The van der Waals surface area contributed by atoms with Gasteiger partial charge >= 0.3 is 6.03 Å². The summed E-state index contributed by atoms with van der Waals surface area (Å²) in [6, 6.07) is 11.7. The molecule has 0 radical (unpaired) electrons. The monoisotopic (exact) mass is 643 g/mol. The van der Waals surface area contributed by atoms with Crippen LogP contribution in [0.4, 0.5) is 16.3 Å². The van der Waals surface area contributed by atoms with E-state index < -0.39 is 16.1 Å². The van der Waals surface area contributed by atoms with Gasteiger partial charge in [-0.25, -0.2) is 9.78 Å². The van der Waals surface area contributed by atoms with Crippen LogP contribution in [0.3, 0.4) is 0 Å². The average molecular weight is 644 g/mol. The number of urea groups is 1. The fraction of sp³-hybridized carbons (Fsp3) is 0.452. The van der Waals surface area contributed by atoms with Gasteiger partial charge in [-0.3, -0.25) is 19.5 Å². The van der Waals surface area contributed by atoms with Crippen molar-refractivity contribution in [3.63, 3.8) is 0 Å². The number of ketones is 1. The zero-order valence-corrected chi connectivity index (χ0v) is 27.2. The summed E-state index contributed by atoms with van der Waals surface area (Å²) in [6.45, 7) is 5.98. The molecule has 244 valence electrons. The molecule has 1 aliphatic carbocycles. The number of ether oxygens (including phenoxy) is 1. The molecule has 0 bridgehead atoms. The van der Waals surface area contributed by atoms with E-state index in [4.69, 9.17) is 13.8 Å². The second kappa shape index (κ2) is 15.1. The molecule has 1 aromatic carbocycles. The molecule has 45 heavy (non-hydrogen) atoms. The van der Waals surface area contributed by atoms with E-state index in [-0.39, 0.29) is 29.6 Å². The Hall–Kier alpha value is -4.30. The fourth-order valence-corrected chi connectivity index (χ4v) is 4.51.